The van der Waals surface area contributed by atoms with Crippen molar-refractivity contribution in [3.8, 4) is 5.75 Å². The van der Waals surface area contributed by atoms with Crippen LogP contribution in [0.1, 0.15) is 0 Å². The van der Waals surface area contributed by atoms with E-state index in [0.717, 1.165) is 0 Å². The molecule has 0 aliphatic heterocycles. The van der Waals surface area contributed by atoms with Gasteiger partial charge in [0.15, 0.2) is 0 Å². The van der Waals surface area contributed by atoms with Crippen molar-refractivity contribution in [3.63, 3.8) is 0 Å². The van der Waals surface area contributed by atoms with Gasteiger partial charge in [0.1, 0.15) is 10.6 Å². The quantitative estimate of drug-likeness (QED) is 0.831. The summed E-state index contributed by atoms with van der Waals surface area (Å²) in [6.07, 6.45) is 0. The Hall–Kier alpha value is -1.63. The molecule has 112 valence electrons. The molecule has 0 spiro atoms. The van der Waals surface area contributed by atoms with Gasteiger partial charge in [0.05, 0.1) is 22.8 Å². The first-order valence-corrected chi connectivity index (χ1v) is 7.99. The molecule has 0 bridgehead atoms. The number of hydrogen-bond acceptors (Lipinski definition) is 4. The van der Waals surface area contributed by atoms with Gasteiger partial charge in [-0.2, -0.15) is 0 Å². The average Bonchev–Trinajstić information content (AvgIpc) is 2.43. The number of nitrogens with one attached hydrogen (secondary N) is 1. The second-order valence-electron chi connectivity index (χ2n) is 4.11. The molecular weight excluding hydrogens is 335 g/mol. The molecule has 0 unspecified atom stereocenters. The van der Waals surface area contributed by atoms with E-state index in [-0.39, 0.29) is 26.4 Å². The zero-order valence-corrected chi connectivity index (χ0v) is 13.3. The summed E-state index contributed by atoms with van der Waals surface area (Å²) < 4.78 is 32.3. The Bertz CT molecular complexity index is 759. The molecule has 8 heteroatoms. The summed E-state index contributed by atoms with van der Waals surface area (Å²) in [4.78, 5) is -0.0963. The number of benzene rings is 2. The number of anilines is 2. The first-order chi connectivity index (χ1) is 9.85. The van der Waals surface area contributed by atoms with Crippen molar-refractivity contribution in [2.24, 2.45) is 0 Å². The molecule has 0 aliphatic rings. The monoisotopic (exact) mass is 346 g/mol. The summed E-state index contributed by atoms with van der Waals surface area (Å²) in [5.74, 6) is 0.167. The molecule has 3 N–H and O–H groups in total. The Morgan fingerprint density at radius 3 is 2.33 bits per heavy atom. The molecular formula is C13H12Cl2N2O3S. The smallest absolute Gasteiger partial charge is 0.265 e. The van der Waals surface area contributed by atoms with Crippen LogP contribution in [0.4, 0.5) is 11.4 Å². The Kier molecular flexibility index (Phi) is 4.51. The Morgan fingerprint density at radius 1 is 1.14 bits per heavy atom. The maximum atomic E-state index is 12.5. The minimum absolute atomic E-state index is 0.0963. The lowest BCUT2D eigenvalue weighted by atomic mass is 10.3. The van der Waals surface area contributed by atoms with Crippen LogP contribution in [0, 0.1) is 0 Å². The van der Waals surface area contributed by atoms with Crippen LogP contribution in [0.2, 0.25) is 10.0 Å². The zero-order chi connectivity index (χ0) is 15.6. The summed E-state index contributed by atoms with van der Waals surface area (Å²) in [5, 5.41) is 0.378. The average molecular weight is 347 g/mol. The lowest BCUT2D eigenvalue weighted by molar-refractivity contribution is 0.403. The fourth-order valence-electron chi connectivity index (χ4n) is 1.69. The second-order valence-corrected chi connectivity index (χ2v) is 6.58. The summed E-state index contributed by atoms with van der Waals surface area (Å²) in [5.41, 5.74) is 6.03. The van der Waals surface area contributed by atoms with Crippen LogP contribution < -0.4 is 15.2 Å². The third-order valence-corrected chi connectivity index (χ3v) is 4.68. The van der Waals surface area contributed by atoms with Crippen molar-refractivity contribution in [1.29, 1.82) is 0 Å². The maximum absolute atomic E-state index is 12.5. The Morgan fingerprint density at radius 2 is 1.76 bits per heavy atom. The molecule has 0 amide bonds. The lowest BCUT2D eigenvalue weighted by Crippen LogP contribution is -2.15. The molecule has 0 aromatic heterocycles. The van der Waals surface area contributed by atoms with E-state index in [4.69, 9.17) is 33.7 Å². The van der Waals surface area contributed by atoms with Gasteiger partial charge in [0, 0.05) is 5.69 Å². The highest BCUT2D eigenvalue weighted by Crippen LogP contribution is 2.34. The van der Waals surface area contributed by atoms with Crippen LogP contribution in [-0.2, 0) is 10.0 Å². The zero-order valence-electron chi connectivity index (χ0n) is 10.9. The van der Waals surface area contributed by atoms with Gasteiger partial charge in [0.2, 0.25) is 0 Å². The molecule has 21 heavy (non-hydrogen) atoms. The molecule has 5 nitrogen and oxygen atoms in total. The largest absolute Gasteiger partial charge is 0.495 e. The van der Waals surface area contributed by atoms with Gasteiger partial charge in [0.25, 0.3) is 10.0 Å². The highest BCUT2D eigenvalue weighted by atomic mass is 35.5. The number of hydrogen-bond donors (Lipinski definition) is 2. The first-order valence-electron chi connectivity index (χ1n) is 5.75. The molecule has 0 saturated heterocycles. The van der Waals surface area contributed by atoms with Crippen LogP contribution in [-0.4, -0.2) is 15.5 Å². The van der Waals surface area contributed by atoms with Crippen molar-refractivity contribution in [2.75, 3.05) is 17.6 Å². The van der Waals surface area contributed by atoms with E-state index in [1.165, 1.54) is 31.4 Å². The molecule has 2 aromatic rings. The molecule has 2 aromatic carbocycles. The van der Waals surface area contributed by atoms with Crippen molar-refractivity contribution >= 4 is 44.6 Å². The Balaban J connectivity index is 2.51. The minimum atomic E-state index is -3.95. The summed E-state index contributed by atoms with van der Waals surface area (Å²) >= 11 is 11.9. The fraction of sp³-hybridized carbons (Fsp3) is 0.0769. The number of nitrogen functional groups attached to an aromatic ring is 1. The van der Waals surface area contributed by atoms with Crippen LogP contribution in [0.25, 0.3) is 0 Å². The molecule has 0 aliphatic carbocycles. The van der Waals surface area contributed by atoms with Crippen LogP contribution >= 0.6 is 23.2 Å². The van der Waals surface area contributed by atoms with E-state index < -0.39 is 10.0 Å². The normalized spacial score (nSPS) is 11.2. The highest BCUT2D eigenvalue weighted by Gasteiger charge is 2.22. The van der Waals surface area contributed by atoms with Gasteiger partial charge in [-0.15, -0.1) is 0 Å². The van der Waals surface area contributed by atoms with E-state index in [2.05, 4.69) is 4.72 Å². The second kappa shape index (κ2) is 6.01. The topological polar surface area (TPSA) is 81.4 Å². The Labute approximate surface area is 132 Å². The van der Waals surface area contributed by atoms with Crippen LogP contribution in [0.3, 0.4) is 0 Å². The molecule has 0 fully saturated rings. The van der Waals surface area contributed by atoms with Crippen molar-refractivity contribution in [2.45, 2.75) is 4.90 Å². The predicted octanol–water partition coefficient (Wildman–Crippen LogP) is 3.39. The van der Waals surface area contributed by atoms with Crippen molar-refractivity contribution in [1.82, 2.24) is 0 Å². The molecule has 0 saturated carbocycles. The third-order valence-electron chi connectivity index (χ3n) is 2.68. The maximum Gasteiger partial charge on any atom is 0.265 e. The summed E-state index contributed by atoms with van der Waals surface area (Å²) in [7, 11) is -2.58. The van der Waals surface area contributed by atoms with E-state index in [1.807, 2.05) is 0 Å². The van der Waals surface area contributed by atoms with Crippen molar-refractivity contribution in [3.05, 3.63) is 46.4 Å². The number of halogens is 2. The highest BCUT2D eigenvalue weighted by molar-refractivity contribution is 7.92. The van der Waals surface area contributed by atoms with Gasteiger partial charge >= 0.3 is 0 Å². The van der Waals surface area contributed by atoms with Crippen LogP contribution in [0.5, 0.6) is 5.75 Å². The van der Waals surface area contributed by atoms with Gasteiger partial charge in [-0.25, -0.2) is 8.42 Å². The van der Waals surface area contributed by atoms with Gasteiger partial charge in [-0.05, 0) is 30.3 Å². The molecule has 0 atom stereocenters. The number of methoxy groups -OCH3 is 1. The third kappa shape index (κ3) is 3.34. The first kappa shape index (κ1) is 15.8. The fourth-order valence-corrected chi connectivity index (χ4v) is 3.60. The van der Waals surface area contributed by atoms with E-state index in [1.54, 1.807) is 12.1 Å². The molecule has 0 radical (unpaired) electrons. The number of nitrogens with two attached hydrogens (primary N) is 1. The lowest BCUT2D eigenvalue weighted by Gasteiger charge is -2.14. The van der Waals surface area contributed by atoms with E-state index in [0.29, 0.717) is 5.69 Å². The summed E-state index contributed by atoms with van der Waals surface area (Å²) in [6, 6.07) is 8.98. The SMILES string of the molecule is COc1ccc(N)cc1S(=O)(=O)Nc1c(Cl)cccc1Cl. The van der Waals surface area contributed by atoms with E-state index in [9.17, 15) is 8.42 Å². The van der Waals surface area contributed by atoms with Crippen LogP contribution in [0.15, 0.2) is 41.3 Å². The summed E-state index contributed by atoms with van der Waals surface area (Å²) in [6.45, 7) is 0. The van der Waals surface area contributed by atoms with E-state index >= 15 is 0 Å². The van der Waals surface area contributed by atoms with Gasteiger partial charge in [-0.3, -0.25) is 4.72 Å². The number of ether oxygens (including phenoxy) is 1. The van der Waals surface area contributed by atoms with Gasteiger partial charge in [-0.1, -0.05) is 29.3 Å². The predicted molar refractivity (Wildman–Crippen MR) is 84.7 cm³/mol. The standard InChI is InChI=1S/C13H12Cl2N2O3S/c1-20-11-6-5-8(16)7-12(11)21(18,19)17-13-9(14)3-2-4-10(13)15/h2-7,17H,16H2,1H3. The number of sulfonamides is 1. The molecule has 0 heterocycles. The number of para-hydroxylation sites is 1. The minimum Gasteiger partial charge on any atom is -0.495 e. The van der Waals surface area contributed by atoms with Gasteiger partial charge < -0.3 is 10.5 Å². The number of rotatable bonds is 4. The molecule has 2 rings (SSSR count). The van der Waals surface area contributed by atoms with Crippen molar-refractivity contribution < 1.29 is 13.2 Å².